The number of benzene rings is 1. The lowest BCUT2D eigenvalue weighted by atomic mass is 10.0. The highest BCUT2D eigenvalue weighted by Crippen LogP contribution is 2.42. The van der Waals surface area contributed by atoms with E-state index < -0.39 is 24.2 Å². The first-order valence-electron chi connectivity index (χ1n) is 7.52. The van der Waals surface area contributed by atoms with Crippen LogP contribution in [-0.2, 0) is 0 Å². The van der Waals surface area contributed by atoms with Crippen molar-refractivity contribution in [3.63, 3.8) is 0 Å². The summed E-state index contributed by atoms with van der Waals surface area (Å²) in [6, 6.07) is 8.62. The zero-order chi connectivity index (χ0) is 18.9. The SMILES string of the molecule is COc1ccc(C2=NN(C(=O)c3ccncc3)[C@](O)(C(F)(F)F)C2)cc1. The van der Waals surface area contributed by atoms with Gasteiger partial charge in [0.15, 0.2) is 0 Å². The first kappa shape index (κ1) is 17.9. The Morgan fingerprint density at radius 1 is 1.19 bits per heavy atom. The van der Waals surface area contributed by atoms with Gasteiger partial charge in [0.05, 0.1) is 19.2 Å². The fraction of sp³-hybridized carbons (Fsp3) is 0.235. The molecule has 1 N–H and O–H groups in total. The van der Waals surface area contributed by atoms with Gasteiger partial charge >= 0.3 is 6.18 Å². The predicted molar refractivity (Wildman–Crippen MR) is 85.6 cm³/mol. The van der Waals surface area contributed by atoms with E-state index in [1.54, 1.807) is 12.1 Å². The molecule has 0 unspecified atom stereocenters. The van der Waals surface area contributed by atoms with Gasteiger partial charge in [-0.1, -0.05) is 0 Å². The molecule has 0 fully saturated rings. The second kappa shape index (κ2) is 6.41. The van der Waals surface area contributed by atoms with Crippen LogP contribution in [0, 0.1) is 0 Å². The van der Waals surface area contributed by atoms with E-state index in [1.807, 2.05) is 0 Å². The van der Waals surface area contributed by atoms with Crippen LogP contribution in [0.1, 0.15) is 22.3 Å². The maximum atomic E-state index is 13.5. The van der Waals surface area contributed by atoms with Gasteiger partial charge in [-0.2, -0.15) is 23.3 Å². The van der Waals surface area contributed by atoms with Gasteiger partial charge in [-0.25, -0.2) is 0 Å². The van der Waals surface area contributed by atoms with Crippen LogP contribution in [0.5, 0.6) is 5.75 Å². The Morgan fingerprint density at radius 3 is 2.35 bits per heavy atom. The number of ether oxygens (including phenoxy) is 1. The van der Waals surface area contributed by atoms with Crippen molar-refractivity contribution in [1.29, 1.82) is 0 Å². The second-order valence-corrected chi connectivity index (χ2v) is 5.62. The number of amides is 1. The average Bonchev–Trinajstić information content (AvgIpc) is 3.01. The van der Waals surface area contributed by atoms with Crippen molar-refractivity contribution in [2.75, 3.05) is 7.11 Å². The third kappa shape index (κ3) is 3.01. The van der Waals surface area contributed by atoms with E-state index in [4.69, 9.17) is 4.74 Å². The number of methoxy groups -OCH3 is 1. The van der Waals surface area contributed by atoms with Gasteiger partial charge < -0.3 is 9.84 Å². The van der Waals surface area contributed by atoms with E-state index in [2.05, 4.69) is 10.1 Å². The van der Waals surface area contributed by atoms with Crippen LogP contribution in [0.3, 0.4) is 0 Å². The van der Waals surface area contributed by atoms with Crippen molar-refractivity contribution in [2.24, 2.45) is 5.10 Å². The second-order valence-electron chi connectivity index (χ2n) is 5.62. The number of alkyl halides is 3. The Hall–Kier alpha value is -2.94. The number of carbonyl (C=O) groups is 1. The number of aromatic nitrogens is 1. The largest absolute Gasteiger partial charge is 0.497 e. The van der Waals surface area contributed by atoms with Gasteiger partial charge in [0.1, 0.15) is 5.75 Å². The Morgan fingerprint density at radius 2 is 1.81 bits per heavy atom. The maximum Gasteiger partial charge on any atom is 0.438 e. The maximum absolute atomic E-state index is 13.5. The number of aliphatic hydroxyl groups is 1. The van der Waals surface area contributed by atoms with Crippen LogP contribution in [0.4, 0.5) is 13.2 Å². The minimum Gasteiger partial charge on any atom is -0.497 e. The quantitative estimate of drug-likeness (QED) is 0.907. The molecule has 0 bridgehead atoms. The molecule has 1 amide bonds. The lowest BCUT2D eigenvalue weighted by molar-refractivity contribution is -0.297. The third-order valence-corrected chi connectivity index (χ3v) is 3.98. The van der Waals surface area contributed by atoms with Crippen molar-refractivity contribution >= 4 is 11.6 Å². The number of carbonyl (C=O) groups excluding carboxylic acids is 1. The molecule has 0 saturated carbocycles. The van der Waals surface area contributed by atoms with E-state index in [0.29, 0.717) is 11.3 Å². The van der Waals surface area contributed by atoms with Gasteiger partial charge in [-0.15, -0.1) is 0 Å². The number of nitrogens with zero attached hydrogens (tertiary/aromatic N) is 3. The average molecular weight is 365 g/mol. The van der Waals surface area contributed by atoms with Crippen LogP contribution < -0.4 is 4.74 Å². The van der Waals surface area contributed by atoms with Gasteiger partial charge in [0, 0.05) is 18.0 Å². The van der Waals surface area contributed by atoms with Crippen molar-refractivity contribution in [2.45, 2.75) is 18.3 Å². The van der Waals surface area contributed by atoms with Crippen LogP contribution in [-0.4, -0.2) is 45.7 Å². The molecule has 2 heterocycles. The lowest BCUT2D eigenvalue weighted by Crippen LogP contribution is -2.56. The van der Waals surface area contributed by atoms with Crippen LogP contribution in [0.15, 0.2) is 53.9 Å². The topological polar surface area (TPSA) is 75.0 Å². The molecular formula is C17H14F3N3O3. The highest BCUT2D eigenvalue weighted by atomic mass is 19.4. The van der Waals surface area contributed by atoms with Gasteiger partial charge in [-0.05, 0) is 42.0 Å². The van der Waals surface area contributed by atoms with Crippen LogP contribution >= 0.6 is 0 Å². The van der Waals surface area contributed by atoms with E-state index in [0.717, 1.165) is 0 Å². The smallest absolute Gasteiger partial charge is 0.438 e. The summed E-state index contributed by atoms with van der Waals surface area (Å²) in [6.07, 6.45) is -3.43. The Kier molecular flexibility index (Phi) is 4.41. The van der Waals surface area contributed by atoms with Crippen LogP contribution in [0.2, 0.25) is 0 Å². The first-order valence-corrected chi connectivity index (χ1v) is 7.52. The summed E-state index contributed by atoms with van der Waals surface area (Å²) in [7, 11) is 1.46. The third-order valence-electron chi connectivity index (χ3n) is 3.98. The monoisotopic (exact) mass is 365 g/mol. The normalized spacial score (nSPS) is 20.0. The van der Waals surface area contributed by atoms with E-state index >= 15 is 0 Å². The fourth-order valence-electron chi connectivity index (χ4n) is 2.54. The van der Waals surface area contributed by atoms with E-state index in [9.17, 15) is 23.1 Å². The Labute approximate surface area is 146 Å². The molecule has 1 aromatic carbocycles. The highest BCUT2D eigenvalue weighted by molar-refractivity contribution is 6.05. The zero-order valence-corrected chi connectivity index (χ0v) is 13.6. The molecule has 9 heteroatoms. The van der Waals surface area contributed by atoms with Crippen molar-refractivity contribution in [1.82, 2.24) is 9.99 Å². The molecule has 1 atom stereocenters. The number of hydrogen-bond donors (Lipinski definition) is 1. The molecule has 26 heavy (non-hydrogen) atoms. The van der Waals surface area contributed by atoms with Crippen molar-refractivity contribution in [3.05, 3.63) is 59.9 Å². The van der Waals surface area contributed by atoms with Gasteiger partial charge in [0.2, 0.25) is 0 Å². The molecule has 3 rings (SSSR count). The molecule has 0 saturated heterocycles. The number of pyridine rings is 1. The molecule has 1 aromatic heterocycles. The minimum absolute atomic E-state index is 0.0603. The molecule has 1 aliphatic rings. The number of rotatable bonds is 3. The predicted octanol–water partition coefficient (Wildman–Crippen LogP) is 2.59. The number of halogens is 3. The van der Waals surface area contributed by atoms with Gasteiger partial charge in [-0.3, -0.25) is 9.78 Å². The summed E-state index contributed by atoms with van der Waals surface area (Å²) in [6.45, 7) is 0. The molecule has 0 aliphatic carbocycles. The molecule has 0 spiro atoms. The summed E-state index contributed by atoms with van der Waals surface area (Å²) in [4.78, 5) is 16.2. The molecule has 6 nitrogen and oxygen atoms in total. The van der Waals surface area contributed by atoms with Crippen LogP contribution in [0.25, 0.3) is 0 Å². The number of hydrogen-bond acceptors (Lipinski definition) is 5. The van der Waals surface area contributed by atoms with Crippen molar-refractivity contribution < 1.29 is 27.8 Å². The molecular weight excluding hydrogens is 351 g/mol. The molecule has 2 aromatic rings. The summed E-state index contributed by atoms with van der Waals surface area (Å²) in [5.41, 5.74) is -3.21. The highest BCUT2D eigenvalue weighted by Gasteiger charge is 2.63. The standard InChI is InChI=1S/C17H14F3N3O3/c1-26-13-4-2-11(3-5-13)14-10-16(25,17(18,19)20)23(22-14)15(24)12-6-8-21-9-7-12/h2-9,25H,10H2,1H3/t16-/m1/s1. The summed E-state index contributed by atoms with van der Waals surface area (Å²) < 4.78 is 45.6. The summed E-state index contributed by atoms with van der Waals surface area (Å²) >= 11 is 0. The summed E-state index contributed by atoms with van der Waals surface area (Å²) in [5.74, 6) is -0.557. The van der Waals surface area contributed by atoms with Crippen molar-refractivity contribution in [3.8, 4) is 5.75 Å². The lowest BCUT2D eigenvalue weighted by Gasteiger charge is -2.32. The molecule has 1 aliphatic heterocycles. The van der Waals surface area contributed by atoms with E-state index in [1.165, 1.54) is 43.8 Å². The van der Waals surface area contributed by atoms with E-state index in [-0.39, 0.29) is 16.3 Å². The van der Waals surface area contributed by atoms with Gasteiger partial charge in [0.25, 0.3) is 11.6 Å². The molecule has 0 radical (unpaired) electrons. The Bertz CT molecular complexity index is 838. The first-order chi connectivity index (χ1) is 12.3. The zero-order valence-electron chi connectivity index (χ0n) is 13.6. The molecule has 136 valence electrons. The fourth-order valence-corrected chi connectivity index (χ4v) is 2.54. The number of hydrazone groups is 1. The Balaban J connectivity index is 2.02. The summed E-state index contributed by atoms with van der Waals surface area (Å²) in [5, 5.41) is 14.1. The minimum atomic E-state index is -5.09.